The van der Waals surface area contributed by atoms with Crippen LogP contribution in [0.25, 0.3) is 0 Å². The fourth-order valence-corrected chi connectivity index (χ4v) is 3.06. The Kier molecular flexibility index (Phi) is 3.55. The summed E-state index contributed by atoms with van der Waals surface area (Å²) in [5.41, 5.74) is 0. The molecule has 3 heterocycles. The second kappa shape index (κ2) is 5.33. The number of rotatable bonds is 3. The van der Waals surface area contributed by atoms with Crippen LogP contribution >= 0.6 is 0 Å². The number of hydrogen-bond donors (Lipinski definition) is 1. The van der Waals surface area contributed by atoms with Gasteiger partial charge < -0.3 is 15.0 Å². The van der Waals surface area contributed by atoms with Gasteiger partial charge in [0.1, 0.15) is 12.1 Å². The highest BCUT2D eigenvalue weighted by atomic mass is 16.5. The number of piperidine rings is 1. The minimum absolute atomic E-state index is 0.146. The molecule has 0 aromatic carbocycles. The Morgan fingerprint density at radius 3 is 3.11 bits per heavy atom. The molecule has 19 heavy (non-hydrogen) atoms. The van der Waals surface area contributed by atoms with Crippen LogP contribution in [-0.4, -0.2) is 41.7 Å². The lowest BCUT2D eigenvalue weighted by atomic mass is 9.93. The van der Waals surface area contributed by atoms with Gasteiger partial charge in [-0.2, -0.15) is 0 Å². The zero-order valence-corrected chi connectivity index (χ0v) is 11.7. The molecule has 2 unspecified atom stereocenters. The highest BCUT2D eigenvalue weighted by Crippen LogP contribution is 2.28. The third kappa shape index (κ3) is 2.81. The van der Waals surface area contributed by atoms with E-state index in [1.807, 2.05) is 19.9 Å². The van der Waals surface area contributed by atoms with E-state index in [2.05, 4.69) is 20.2 Å². The average molecular weight is 262 g/mol. The summed E-state index contributed by atoms with van der Waals surface area (Å²) in [6.07, 6.45) is 4.23. The zero-order valence-electron chi connectivity index (χ0n) is 11.7. The molecule has 0 spiro atoms. The number of nitrogens with zero attached hydrogens (tertiary/aromatic N) is 3. The van der Waals surface area contributed by atoms with Gasteiger partial charge in [0.15, 0.2) is 0 Å². The van der Waals surface area contributed by atoms with Crippen molar-refractivity contribution in [3.63, 3.8) is 0 Å². The van der Waals surface area contributed by atoms with Crippen molar-refractivity contribution < 1.29 is 4.74 Å². The summed E-state index contributed by atoms with van der Waals surface area (Å²) in [5, 5.41) is 3.58. The highest BCUT2D eigenvalue weighted by molar-refractivity contribution is 5.41. The summed E-state index contributed by atoms with van der Waals surface area (Å²) in [7, 11) is 0. The minimum Gasteiger partial charge on any atom is -0.475 e. The topological polar surface area (TPSA) is 50.3 Å². The van der Waals surface area contributed by atoms with Gasteiger partial charge in [0.05, 0.1) is 6.10 Å². The Morgan fingerprint density at radius 2 is 2.26 bits per heavy atom. The Bertz CT molecular complexity index is 437. The first kappa shape index (κ1) is 12.7. The SMILES string of the molecule is CC(C)Oc1cc(N2CCC3NCCC3C2)ncn1. The van der Waals surface area contributed by atoms with Gasteiger partial charge in [-0.25, -0.2) is 9.97 Å². The standard InChI is InChI=1S/C14H22N4O/c1-10(2)19-14-7-13(16-9-17-14)18-6-4-12-11(8-18)3-5-15-12/h7,9-12,15H,3-6,8H2,1-2H3. The second-order valence-electron chi connectivity index (χ2n) is 5.73. The monoisotopic (exact) mass is 262 g/mol. The van der Waals surface area contributed by atoms with Gasteiger partial charge >= 0.3 is 0 Å². The van der Waals surface area contributed by atoms with E-state index in [1.165, 1.54) is 12.8 Å². The molecule has 0 bridgehead atoms. The zero-order chi connectivity index (χ0) is 13.2. The van der Waals surface area contributed by atoms with Gasteiger partial charge in [0.2, 0.25) is 5.88 Å². The molecule has 2 atom stereocenters. The number of aromatic nitrogens is 2. The number of anilines is 1. The summed E-state index contributed by atoms with van der Waals surface area (Å²) in [6, 6.07) is 2.67. The lowest BCUT2D eigenvalue weighted by Gasteiger charge is -2.35. The van der Waals surface area contributed by atoms with E-state index < -0.39 is 0 Å². The van der Waals surface area contributed by atoms with E-state index in [1.54, 1.807) is 6.33 Å². The Hall–Kier alpha value is -1.36. The van der Waals surface area contributed by atoms with Crippen LogP contribution in [0.5, 0.6) is 5.88 Å². The summed E-state index contributed by atoms with van der Waals surface area (Å²) >= 11 is 0. The molecule has 0 radical (unpaired) electrons. The van der Waals surface area contributed by atoms with E-state index >= 15 is 0 Å². The molecule has 5 heteroatoms. The van der Waals surface area contributed by atoms with E-state index in [0.717, 1.165) is 31.4 Å². The molecule has 5 nitrogen and oxygen atoms in total. The molecule has 104 valence electrons. The van der Waals surface area contributed by atoms with Gasteiger partial charge in [-0.1, -0.05) is 0 Å². The van der Waals surface area contributed by atoms with Crippen LogP contribution in [0.2, 0.25) is 0 Å². The number of fused-ring (bicyclic) bond motifs is 1. The molecular formula is C14H22N4O. The van der Waals surface area contributed by atoms with Gasteiger partial charge in [-0.05, 0) is 39.2 Å². The smallest absolute Gasteiger partial charge is 0.218 e. The van der Waals surface area contributed by atoms with E-state index in [4.69, 9.17) is 4.74 Å². The molecule has 0 saturated carbocycles. The van der Waals surface area contributed by atoms with Crippen LogP contribution in [0.1, 0.15) is 26.7 Å². The quantitative estimate of drug-likeness (QED) is 0.893. The van der Waals surface area contributed by atoms with Crippen molar-refractivity contribution in [2.24, 2.45) is 5.92 Å². The van der Waals surface area contributed by atoms with Gasteiger partial charge in [0.25, 0.3) is 0 Å². The van der Waals surface area contributed by atoms with Crippen molar-refractivity contribution in [1.82, 2.24) is 15.3 Å². The number of hydrogen-bond acceptors (Lipinski definition) is 5. The van der Waals surface area contributed by atoms with Crippen molar-refractivity contribution >= 4 is 5.82 Å². The molecule has 2 saturated heterocycles. The molecule has 0 aliphatic carbocycles. The number of nitrogens with one attached hydrogen (secondary N) is 1. The van der Waals surface area contributed by atoms with Crippen LogP contribution in [0, 0.1) is 5.92 Å². The van der Waals surface area contributed by atoms with Crippen molar-refractivity contribution in [2.75, 3.05) is 24.5 Å². The van der Waals surface area contributed by atoms with Gasteiger partial charge in [-0.15, -0.1) is 0 Å². The first-order valence-electron chi connectivity index (χ1n) is 7.19. The number of ether oxygens (including phenoxy) is 1. The van der Waals surface area contributed by atoms with Crippen LogP contribution in [0.15, 0.2) is 12.4 Å². The largest absolute Gasteiger partial charge is 0.475 e. The lowest BCUT2D eigenvalue weighted by molar-refractivity contribution is 0.232. The predicted octanol–water partition coefficient (Wildman–Crippen LogP) is 1.45. The highest BCUT2D eigenvalue weighted by Gasteiger charge is 2.33. The van der Waals surface area contributed by atoms with Crippen LogP contribution < -0.4 is 15.0 Å². The van der Waals surface area contributed by atoms with Crippen molar-refractivity contribution in [3.05, 3.63) is 12.4 Å². The fourth-order valence-electron chi connectivity index (χ4n) is 3.06. The molecule has 2 aliphatic rings. The van der Waals surface area contributed by atoms with Crippen LogP contribution in [0.4, 0.5) is 5.82 Å². The second-order valence-corrected chi connectivity index (χ2v) is 5.73. The van der Waals surface area contributed by atoms with E-state index in [0.29, 0.717) is 11.9 Å². The van der Waals surface area contributed by atoms with Crippen LogP contribution in [0.3, 0.4) is 0 Å². The molecule has 3 rings (SSSR count). The van der Waals surface area contributed by atoms with E-state index in [-0.39, 0.29) is 6.10 Å². The minimum atomic E-state index is 0.146. The summed E-state index contributed by atoms with van der Waals surface area (Å²) < 4.78 is 5.64. The van der Waals surface area contributed by atoms with Gasteiger partial charge in [-0.3, -0.25) is 0 Å². The Morgan fingerprint density at radius 1 is 1.37 bits per heavy atom. The predicted molar refractivity (Wildman–Crippen MR) is 74.5 cm³/mol. The molecule has 0 amide bonds. The summed E-state index contributed by atoms with van der Waals surface area (Å²) in [4.78, 5) is 10.9. The first-order chi connectivity index (χ1) is 9.22. The third-order valence-electron chi connectivity index (χ3n) is 3.96. The average Bonchev–Trinajstić information content (AvgIpc) is 2.85. The fraction of sp³-hybridized carbons (Fsp3) is 0.714. The molecule has 1 N–H and O–H groups in total. The maximum Gasteiger partial charge on any atom is 0.218 e. The normalized spacial score (nSPS) is 26.6. The molecule has 1 aromatic rings. The Balaban J connectivity index is 1.71. The Labute approximate surface area is 114 Å². The third-order valence-corrected chi connectivity index (χ3v) is 3.96. The van der Waals surface area contributed by atoms with Crippen molar-refractivity contribution in [3.8, 4) is 5.88 Å². The molecule has 2 aliphatic heterocycles. The van der Waals surface area contributed by atoms with Crippen LogP contribution in [-0.2, 0) is 0 Å². The summed E-state index contributed by atoms with van der Waals surface area (Å²) in [6.45, 7) is 7.34. The van der Waals surface area contributed by atoms with E-state index in [9.17, 15) is 0 Å². The van der Waals surface area contributed by atoms with Gasteiger partial charge in [0, 0.05) is 25.2 Å². The van der Waals surface area contributed by atoms with Crippen molar-refractivity contribution in [1.29, 1.82) is 0 Å². The molecular weight excluding hydrogens is 240 g/mol. The molecule has 2 fully saturated rings. The lowest BCUT2D eigenvalue weighted by Crippen LogP contribution is -2.44. The molecule has 1 aromatic heterocycles. The first-order valence-corrected chi connectivity index (χ1v) is 7.19. The summed E-state index contributed by atoms with van der Waals surface area (Å²) in [5.74, 6) is 2.43. The van der Waals surface area contributed by atoms with Crippen molar-refractivity contribution in [2.45, 2.75) is 38.8 Å². The maximum absolute atomic E-state index is 5.64. The maximum atomic E-state index is 5.64.